The van der Waals surface area contributed by atoms with Crippen LogP contribution in [0.2, 0.25) is 0 Å². The lowest BCUT2D eigenvalue weighted by molar-refractivity contribution is -0.142. The zero-order chi connectivity index (χ0) is 29.5. The second kappa shape index (κ2) is 16.2. The monoisotopic (exact) mass is 570 g/mol. The molecule has 0 aromatic heterocycles. The minimum atomic E-state index is -1.26. The molecule has 1 heterocycles. The molecule has 0 saturated carbocycles. The van der Waals surface area contributed by atoms with Crippen molar-refractivity contribution in [2.45, 2.75) is 31.7 Å². The predicted molar refractivity (Wildman–Crippen MR) is 148 cm³/mol. The van der Waals surface area contributed by atoms with Crippen LogP contribution in [0.5, 0.6) is 0 Å². The van der Waals surface area contributed by atoms with E-state index in [0.29, 0.717) is 24.9 Å². The van der Waals surface area contributed by atoms with Crippen molar-refractivity contribution in [2.24, 2.45) is 0 Å². The van der Waals surface area contributed by atoms with E-state index in [2.05, 4.69) is 32.5 Å². The Hall–Kier alpha value is -4.77. The molecule has 1 aliphatic rings. The Kier molecular flexibility index (Phi) is 12.8. The van der Waals surface area contributed by atoms with E-state index < -0.39 is 54.6 Å². The number of nitrogens with one attached hydrogen (secondary N) is 5. The van der Waals surface area contributed by atoms with E-state index in [1.807, 2.05) is 12.1 Å². The van der Waals surface area contributed by atoms with Crippen LogP contribution in [0, 0.1) is 12.3 Å². The topological polar surface area (TPSA) is 186 Å². The van der Waals surface area contributed by atoms with Gasteiger partial charge in [-0.25, -0.2) is 4.79 Å². The number of terminal acetylenes is 1. The first kappa shape index (κ1) is 31.4. The Balaban J connectivity index is 1.60. The van der Waals surface area contributed by atoms with Gasteiger partial charge >= 0.3 is 5.97 Å². The average molecular weight is 571 g/mol. The summed E-state index contributed by atoms with van der Waals surface area (Å²) >= 11 is 5.13. The van der Waals surface area contributed by atoms with Gasteiger partial charge in [-0.1, -0.05) is 12.1 Å². The molecule has 0 aliphatic carbocycles. The van der Waals surface area contributed by atoms with Crippen LogP contribution in [0.15, 0.2) is 36.4 Å². The predicted octanol–water partition coefficient (Wildman–Crippen LogP) is -0.954. The van der Waals surface area contributed by atoms with Crippen molar-refractivity contribution in [1.29, 1.82) is 0 Å². The molecule has 1 aromatic rings. The quantitative estimate of drug-likeness (QED) is 0.0664. The van der Waals surface area contributed by atoms with E-state index in [9.17, 15) is 33.9 Å². The molecule has 0 spiro atoms. The fourth-order valence-electron chi connectivity index (χ4n) is 3.41. The molecule has 212 valence electrons. The highest BCUT2D eigenvalue weighted by molar-refractivity contribution is 7.80. The third-order valence-corrected chi connectivity index (χ3v) is 5.72. The van der Waals surface area contributed by atoms with Gasteiger partial charge in [0.15, 0.2) is 5.11 Å². The number of anilines is 1. The number of aliphatic carboxylic acids is 1. The van der Waals surface area contributed by atoms with Gasteiger partial charge in [0, 0.05) is 30.8 Å². The fourth-order valence-corrected chi connectivity index (χ4v) is 3.61. The Morgan fingerprint density at radius 3 is 2.05 bits per heavy atom. The Labute approximate surface area is 236 Å². The van der Waals surface area contributed by atoms with Crippen LogP contribution in [-0.4, -0.2) is 82.8 Å². The molecule has 5 amide bonds. The maximum absolute atomic E-state index is 12.1. The summed E-state index contributed by atoms with van der Waals surface area (Å²) in [4.78, 5) is 71.6. The summed E-state index contributed by atoms with van der Waals surface area (Å²) < 4.78 is 0. The fraction of sp³-hybridized carbons (Fsp3) is 0.346. The maximum atomic E-state index is 12.1. The van der Waals surface area contributed by atoms with Gasteiger partial charge < -0.3 is 31.7 Å². The second-order valence-corrected chi connectivity index (χ2v) is 8.96. The molecule has 1 aliphatic heterocycles. The Morgan fingerprint density at radius 2 is 1.48 bits per heavy atom. The van der Waals surface area contributed by atoms with E-state index in [4.69, 9.17) is 18.6 Å². The van der Waals surface area contributed by atoms with Gasteiger partial charge in [-0.15, -0.1) is 12.3 Å². The molecular weight excluding hydrogens is 540 g/mol. The number of amides is 5. The van der Waals surface area contributed by atoms with Crippen molar-refractivity contribution in [3.8, 4) is 12.3 Å². The molecule has 0 bridgehead atoms. The molecule has 1 unspecified atom stereocenters. The first-order chi connectivity index (χ1) is 19.1. The van der Waals surface area contributed by atoms with Crippen molar-refractivity contribution >= 4 is 58.5 Å². The van der Waals surface area contributed by atoms with E-state index in [1.54, 1.807) is 12.1 Å². The highest BCUT2D eigenvalue weighted by Gasteiger charge is 2.24. The van der Waals surface area contributed by atoms with E-state index in [0.717, 1.165) is 22.6 Å². The number of unbranched alkanes of at least 4 members (excludes halogenated alkanes) is 1. The number of imide groups is 1. The number of carboxylic acids is 1. The molecule has 1 aromatic carbocycles. The van der Waals surface area contributed by atoms with Crippen LogP contribution in [0.1, 0.15) is 24.8 Å². The van der Waals surface area contributed by atoms with Crippen LogP contribution in [0.25, 0.3) is 0 Å². The third kappa shape index (κ3) is 11.3. The zero-order valence-electron chi connectivity index (χ0n) is 21.5. The van der Waals surface area contributed by atoms with Gasteiger partial charge in [-0.05, 0) is 49.2 Å². The second-order valence-electron chi connectivity index (χ2n) is 8.55. The summed E-state index contributed by atoms with van der Waals surface area (Å²) in [5, 5.41) is 22.1. The third-order valence-electron chi connectivity index (χ3n) is 5.48. The van der Waals surface area contributed by atoms with Gasteiger partial charge in [0.25, 0.3) is 11.8 Å². The molecule has 6 N–H and O–H groups in total. The van der Waals surface area contributed by atoms with Crippen molar-refractivity contribution in [2.75, 3.05) is 31.5 Å². The number of rotatable bonds is 15. The van der Waals surface area contributed by atoms with Gasteiger partial charge in [0.2, 0.25) is 17.7 Å². The lowest BCUT2D eigenvalue weighted by Crippen LogP contribution is -2.47. The van der Waals surface area contributed by atoms with Crippen LogP contribution in [0.3, 0.4) is 0 Å². The number of carboxylic acid groups (broad SMARTS) is 1. The number of nitrogens with zero attached hydrogens (tertiary/aromatic N) is 1. The summed E-state index contributed by atoms with van der Waals surface area (Å²) in [6.45, 7) is -0.958. The number of thiocarbonyl (C=S) groups is 1. The molecule has 0 radical (unpaired) electrons. The number of hydrogen-bond donors (Lipinski definition) is 6. The van der Waals surface area contributed by atoms with Crippen LogP contribution < -0.4 is 26.6 Å². The van der Waals surface area contributed by atoms with E-state index in [-0.39, 0.29) is 24.6 Å². The molecule has 0 fully saturated rings. The van der Waals surface area contributed by atoms with E-state index >= 15 is 0 Å². The first-order valence-corrected chi connectivity index (χ1v) is 12.7. The molecule has 2 rings (SSSR count). The number of benzene rings is 1. The highest BCUT2D eigenvalue weighted by Crippen LogP contribution is 2.10. The molecule has 0 saturated heterocycles. The van der Waals surface area contributed by atoms with Gasteiger partial charge in [-0.3, -0.25) is 28.9 Å². The van der Waals surface area contributed by atoms with Crippen LogP contribution in [-0.2, 0) is 35.2 Å². The zero-order valence-corrected chi connectivity index (χ0v) is 22.3. The maximum Gasteiger partial charge on any atom is 0.326 e. The molecule has 14 heteroatoms. The molecular formula is C26H30N6O7S. The van der Waals surface area contributed by atoms with Gasteiger partial charge in [0.1, 0.15) is 6.04 Å². The molecule has 40 heavy (non-hydrogen) atoms. The number of carbonyl (C=O) groups is 6. The smallest absolute Gasteiger partial charge is 0.326 e. The van der Waals surface area contributed by atoms with Crippen molar-refractivity contribution in [3.63, 3.8) is 0 Å². The van der Waals surface area contributed by atoms with Crippen molar-refractivity contribution in [1.82, 2.24) is 26.2 Å². The minimum absolute atomic E-state index is 0.0650. The number of hydrogen-bond acceptors (Lipinski definition) is 7. The molecule has 1 atom stereocenters. The Morgan fingerprint density at radius 1 is 0.900 bits per heavy atom. The minimum Gasteiger partial charge on any atom is -0.480 e. The molecule has 13 nitrogen and oxygen atoms in total. The van der Waals surface area contributed by atoms with Crippen molar-refractivity contribution < 1.29 is 33.9 Å². The van der Waals surface area contributed by atoms with E-state index in [1.165, 1.54) is 0 Å². The normalized spacial score (nSPS) is 12.7. The lowest BCUT2D eigenvalue weighted by Gasteiger charge is -2.16. The largest absolute Gasteiger partial charge is 0.480 e. The average Bonchev–Trinajstić information content (AvgIpc) is 3.24. The summed E-state index contributed by atoms with van der Waals surface area (Å²) in [5.41, 5.74) is 1.68. The Bertz CT molecular complexity index is 1190. The standard InChI is InChI=1S/C26H30N6O7S/c1-2-5-17-7-9-18(10-8-17)30-26(40)29-15-21(34)27-14-20(33)28-16-22(35)31-19(25(38)39)6-3-4-13-32-23(36)11-12-24(32)37/h1,7-12,19H,3-6,13-16H2,(H,27,34)(H,28,33)(H,31,35)(H,38,39)(H2,29,30,40). The van der Waals surface area contributed by atoms with Gasteiger partial charge in [0.05, 0.1) is 19.6 Å². The van der Waals surface area contributed by atoms with Crippen LogP contribution >= 0.6 is 12.2 Å². The number of carbonyl (C=O) groups excluding carboxylic acids is 5. The van der Waals surface area contributed by atoms with Crippen molar-refractivity contribution in [3.05, 3.63) is 42.0 Å². The highest BCUT2D eigenvalue weighted by atomic mass is 32.1. The lowest BCUT2D eigenvalue weighted by atomic mass is 10.1. The first-order valence-electron chi connectivity index (χ1n) is 12.3. The summed E-state index contributed by atoms with van der Waals surface area (Å²) in [6.07, 6.45) is 8.88. The summed E-state index contributed by atoms with van der Waals surface area (Å²) in [6, 6.07) is 6.07. The summed E-state index contributed by atoms with van der Waals surface area (Å²) in [7, 11) is 0. The summed E-state index contributed by atoms with van der Waals surface area (Å²) in [5.74, 6) is -1.46. The van der Waals surface area contributed by atoms with Crippen LogP contribution in [0.4, 0.5) is 5.69 Å². The SMILES string of the molecule is C#CCc1ccc(NC(=S)NCC(=O)NCC(=O)NCC(=O)NC(CCCCN2C(=O)C=CC2=O)C(=O)O)cc1. The van der Waals surface area contributed by atoms with Gasteiger partial charge in [-0.2, -0.15) is 0 Å².